The van der Waals surface area contributed by atoms with Crippen LogP contribution in [0.2, 0.25) is 0 Å². The van der Waals surface area contributed by atoms with Gasteiger partial charge in [0.25, 0.3) is 5.91 Å². The average molecular weight is 584 g/mol. The summed E-state index contributed by atoms with van der Waals surface area (Å²) in [5.74, 6) is -3.17. The summed E-state index contributed by atoms with van der Waals surface area (Å²) in [6, 6.07) is 15.2. The molecule has 0 saturated carbocycles. The molecule has 2 amide bonds. The van der Waals surface area contributed by atoms with Crippen molar-refractivity contribution in [3.63, 3.8) is 0 Å². The molecule has 1 N–H and O–H groups in total. The highest BCUT2D eigenvalue weighted by Gasteiger charge is 2.72. The van der Waals surface area contributed by atoms with Crippen molar-refractivity contribution < 1.29 is 29.0 Å². The maximum absolute atomic E-state index is 14.7. The number of nitrogens with zero attached hydrogens (tertiary/aromatic N) is 5. The van der Waals surface area contributed by atoms with Crippen LogP contribution in [0.5, 0.6) is 0 Å². The van der Waals surface area contributed by atoms with E-state index in [1.165, 1.54) is 4.90 Å². The smallest absolute Gasteiger partial charge is 0.312 e. The first kappa shape index (κ1) is 27.5. The lowest BCUT2D eigenvalue weighted by Crippen LogP contribution is -2.58. The highest BCUT2D eigenvalue weighted by Crippen LogP contribution is 2.53. The van der Waals surface area contributed by atoms with Gasteiger partial charge in [0, 0.05) is 6.54 Å². The van der Waals surface area contributed by atoms with Gasteiger partial charge in [-0.2, -0.15) is 0 Å². The summed E-state index contributed by atoms with van der Waals surface area (Å²) in [7, 11) is 0. The molecule has 222 valence electrons. The summed E-state index contributed by atoms with van der Waals surface area (Å²) in [5.41, 5.74) is 0.961. The molecule has 4 aliphatic rings. The first-order valence-electron chi connectivity index (χ1n) is 14.7. The predicted molar refractivity (Wildman–Crippen MR) is 154 cm³/mol. The number of aliphatic hydroxyl groups excluding tert-OH is 1. The Morgan fingerprint density at radius 1 is 1.02 bits per heavy atom. The summed E-state index contributed by atoms with van der Waals surface area (Å²) in [4.78, 5) is 45.8. The van der Waals surface area contributed by atoms with E-state index >= 15 is 0 Å². The van der Waals surface area contributed by atoms with E-state index in [1.807, 2.05) is 72.8 Å². The minimum atomic E-state index is -1.42. The molecule has 11 heteroatoms. The fourth-order valence-electron chi connectivity index (χ4n) is 7.08. The highest BCUT2D eigenvalue weighted by atomic mass is 16.6. The Morgan fingerprint density at radius 3 is 2.67 bits per heavy atom. The van der Waals surface area contributed by atoms with Gasteiger partial charge in [0.05, 0.1) is 36.8 Å². The van der Waals surface area contributed by atoms with Crippen LogP contribution in [0.15, 0.2) is 78.9 Å². The number of para-hydroxylation sites is 1. The number of hydrogen-bond donors (Lipinski definition) is 1. The number of cyclic esters (lactones) is 1. The monoisotopic (exact) mass is 583 g/mol. The molecule has 2 saturated heterocycles. The van der Waals surface area contributed by atoms with Gasteiger partial charge in [-0.05, 0) is 37.0 Å². The Labute approximate surface area is 248 Å². The van der Waals surface area contributed by atoms with E-state index < -0.39 is 47.5 Å². The summed E-state index contributed by atoms with van der Waals surface area (Å²) in [6.07, 6.45) is 8.37. The zero-order valence-electron chi connectivity index (χ0n) is 23.6. The van der Waals surface area contributed by atoms with E-state index in [1.54, 1.807) is 15.7 Å². The summed E-state index contributed by atoms with van der Waals surface area (Å²) < 4.78 is 13.9. The molecule has 43 heavy (non-hydrogen) atoms. The molecule has 2 fully saturated rings. The van der Waals surface area contributed by atoms with Crippen molar-refractivity contribution in [2.45, 2.75) is 49.7 Å². The number of carbonyl (C=O) groups excluding carboxylic acids is 3. The molecule has 11 nitrogen and oxygen atoms in total. The third-order valence-corrected chi connectivity index (χ3v) is 9.02. The number of ether oxygens (including phenoxy) is 2. The molecule has 4 aliphatic heterocycles. The Kier molecular flexibility index (Phi) is 7.06. The van der Waals surface area contributed by atoms with Crippen molar-refractivity contribution in [2.24, 2.45) is 11.8 Å². The van der Waals surface area contributed by atoms with Crippen molar-refractivity contribution in [2.75, 3.05) is 19.8 Å². The normalized spacial score (nSPS) is 30.1. The second-order valence-corrected chi connectivity index (χ2v) is 11.5. The maximum atomic E-state index is 14.7. The number of aromatic nitrogens is 3. The molecule has 0 aliphatic carbocycles. The molecule has 5 heterocycles. The van der Waals surface area contributed by atoms with Gasteiger partial charge in [0.2, 0.25) is 5.91 Å². The van der Waals surface area contributed by atoms with Crippen molar-refractivity contribution in [3.05, 3.63) is 84.5 Å². The molecular weight excluding hydrogens is 550 g/mol. The number of benzene rings is 2. The van der Waals surface area contributed by atoms with Crippen molar-refractivity contribution >= 4 is 28.8 Å². The fraction of sp³-hybridized carbons (Fsp3) is 0.406. The first-order valence-corrected chi connectivity index (χ1v) is 14.7. The number of aliphatic hydroxyl groups is 1. The van der Waals surface area contributed by atoms with Gasteiger partial charge < -0.3 is 24.4 Å². The zero-order chi connectivity index (χ0) is 29.6. The zero-order valence-corrected chi connectivity index (χ0v) is 23.6. The molecule has 6 atom stereocenters. The maximum Gasteiger partial charge on any atom is 0.312 e. The average Bonchev–Trinajstić information content (AvgIpc) is 3.63. The van der Waals surface area contributed by atoms with E-state index in [9.17, 15) is 19.5 Å². The summed E-state index contributed by atoms with van der Waals surface area (Å²) in [5, 5.41) is 19.2. The number of fused-ring (bicyclic) bond motifs is 3. The van der Waals surface area contributed by atoms with E-state index in [0.717, 1.165) is 11.1 Å². The van der Waals surface area contributed by atoms with Crippen LogP contribution in [0, 0.1) is 11.8 Å². The number of hydrogen-bond acceptors (Lipinski definition) is 8. The Morgan fingerprint density at radius 2 is 1.84 bits per heavy atom. The Bertz CT molecular complexity index is 1600. The van der Waals surface area contributed by atoms with Gasteiger partial charge in [-0.15, -0.1) is 5.10 Å². The molecule has 2 aromatic carbocycles. The largest absolute Gasteiger partial charge is 0.465 e. The minimum absolute atomic E-state index is 0.0975. The van der Waals surface area contributed by atoms with Crippen LogP contribution in [-0.4, -0.2) is 91.2 Å². The van der Waals surface area contributed by atoms with Gasteiger partial charge >= 0.3 is 5.97 Å². The lowest BCUT2D eigenvalue weighted by molar-refractivity contribution is -0.156. The third kappa shape index (κ3) is 4.54. The number of esters is 1. The SMILES string of the molecule is O=C1OCCC/C=C\[C@@H]2O[C@]34C=CCN(Cn5nnc6ccccc65)C(=O)C3N([C@@H](CO)Cc3ccccc3)C(=O)[C@@H]4[C@H]12. The lowest BCUT2D eigenvalue weighted by Gasteiger charge is -2.38. The van der Waals surface area contributed by atoms with Crippen LogP contribution >= 0.6 is 0 Å². The number of rotatable bonds is 6. The van der Waals surface area contributed by atoms with Gasteiger partial charge in [-0.3, -0.25) is 14.4 Å². The topological polar surface area (TPSA) is 127 Å². The van der Waals surface area contributed by atoms with Crippen LogP contribution in [0.4, 0.5) is 0 Å². The van der Waals surface area contributed by atoms with E-state index in [4.69, 9.17) is 9.47 Å². The standard InChI is InChI=1S/C32H33N5O6/c38-19-22(18-21-10-3-1-4-11-21)37-28-30(40)35(20-36-24-13-7-6-12-23(24)33-34-36)16-9-15-32(28)27(29(37)39)26-25(43-32)14-5-2-8-17-42-31(26)41/h1,3-7,9-15,22,25-28,38H,2,8,16-20H2/b14-5-/t22-,25+,26-,27+,28?,32+/m1/s1. The lowest BCUT2D eigenvalue weighted by atomic mass is 9.78. The predicted octanol–water partition coefficient (Wildman–Crippen LogP) is 1.86. The van der Waals surface area contributed by atoms with Crippen LogP contribution in [0.3, 0.4) is 0 Å². The van der Waals surface area contributed by atoms with Crippen molar-refractivity contribution in [1.82, 2.24) is 24.8 Å². The molecule has 7 rings (SSSR count). The van der Waals surface area contributed by atoms with Gasteiger partial charge in [-0.1, -0.05) is 72.0 Å². The third-order valence-electron chi connectivity index (χ3n) is 9.02. The number of amides is 2. The second kappa shape index (κ2) is 11.1. The first-order chi connectivity index (χ1) is 21.0. The molecule has 0 bridgehead atoms. The molecular formula is C32H33N5O6. The van der Waals surface area contributed by atoms with E-state index in [-0.39, 0.29) is 32.3 Å². The molecule has 0 radical (unpaired) electrons. The summed E-state index contributed by atoms with van der Waals surface area (Å²) in [6.45, 7) is 0.208. The van der Waals surface area contributed by atoms with Crippen molar-refractivity contribution in [3.8, 4) is 0 Å². The fourth-order valence-corrected chi connectivity index (χ4v) is 7.08. The second-order valence-electron chi connectivity index (χ2n) is 11.5. The number of allylic oxidation sites excluding steroid dienone is 1. The molecule has 1 spiro atoms. The van der Waals surface area contributed by atoms with Crippen molar-refractivity contribution in [1.29, 1.82) is 0 Å². The van der Waals surface area contributed by atoms with Gasteiger partial charge in [-0.25, -0.2) is 4.68 Å². The summed E-state index contributed by atoms with van der Waals surface area (Å²) >= 11 is 0. The Balaban J connectivity index is 1.31. The van der Waals surface area contributed by atoms with Crippen LogP contribution < -0.4 is 0 Å². The Hall–Kier alpha value is -4.35. The van der Waals surface area contributed by atoms with Gasteiger partial charge in [0.15, 0.2) is 0 Å². The molecule has 1 aromatic heterocycles. The quantitative estimate of drug-likeness (QED) is 0.344. The van der Waals surface area contributed by atoms with Crippen LogP contribution in [0.1, 0.15) is 18.4 Å². The minimum Gasteiger partial charge on any atom is -0.465 e. The van der Waals surface area contributed by atoms with Gasteiger partial charge in [0.1, 0.15) is 29.7 Å². The van der Waals surface area contributed by atoms with E-state index in [0.29, 0.717) is 24.8 Å². The van der Waals surface area contributed by atoms with Crippen LogP contribution in [0.25, 0.3) is 11.0 Å². The van der Waals surface area contributed by atoms with E-state index in [2.05, 4.69) is 10.3 Å². The highest BCUT2D eigenvalue weighted by molar-refractivity contribution is 5.99. The molecule has 1 unspecified atom stereocenters. The number of carbonyl (C=O) groups is 3. The number of likely N-dealkylation sites (tertiary alicyclic amines) is 1. The molecule has 3 aromatic rings. The van der Waals surface area contributed by atoms with Crippen LogP contribution in [-0.2, 0) is 36.9 Å².